The minimum Gasteiger partial charge on any atom is -0.391 e. The Morgan fingerprint density at radius 2 is 2.23 bits per heavy atom. The number of rotatable bonds is 1. The van der Waals surface area contributed by atoms with Gasteiger partial charge in [-0.2, -0.15) is 0 Å². The first-order valence-electron chi connectivity index (χ1n) is 5.43. The minimum atomic E-state index is -0.0689. The Hall–Kier alpha value is -0.120. The van der Waals surface area contributed by atoms with E-state index in [4.69, 9.17) is 0 Å². The zero-order valence-corrected chi connectivity index (χ0v) is 8.37. The molecule has 1 saturated carbocycles. The molecule has 2 aliphatic rings. The van der Waals surface area contributed by atoms with Crippen LogP contribution in [0.4, 0.5) is 0 Å². The van der Waals surface area contributed by atoms with Crippen LogP contribution in [-0.4, -0.2) is 47.8 Å². The second kappa shape index (κ2) is 3.95. The van der Waals surface area contributed by atoms with Crippen molar-refractivity contribution in [3.05, 3.63) is 0 Å². The Kier molecular flexibility index (Phi) is 2.86. The van der Waals surface area contributed by atoms with Crippen molar-refractivity contribution in [3.63, 3.8) is 0 Å². The lowest BCUT2D eigenvalue weighted by Crippen LogP contribution is -2.55. The van der Waals surface area contributed by atoms with Crippen molar-refractivity contribution in [2.75, 3.05) is 19.6 Å². The molecule has 0 amide bonds. The SMILES string of the molecule is C[C@H]1CNCCN1C1CCCC1O. The van der Waals surface area contributed by atoms with Crippen LogP contribution in [0.2, 0.25) is 0 Å². The van der Waals surface area contributed by atoms with E-state index in [2.05, 4.69) is 17.1 Å². The summed E-state index contributed by atoms with van der Waals surface area (Å²) in [6.07, 6.45) is 3.32. The summed E-state index contributed by atoms with van der Waals surface area (Å²) in [7, 11) is 0. The number of aliphatic hydroxyl groups excluding tert-OH is 1. The summed E-state index contributed by atoms with van der Waals surface area (Å²) in [5, 5.41) is 13.2. The summed E-state index contributed by atoms with van der Waals surface area (Å²) in [6, 6.07) is 1.03. The topological polar surface area (TPSA) is 35.5 Å². The highest BCUT2D eigenvalue weighted by atomic mass is 16.3. The molecule has 2 fully saturated rings. The van der Waals surface area contributed by atoms with Gasteiger partial charge in [-0.3, -0.25) is 4.90 Å². The van der Waals surface area contributed by atoms with Gasteiger partial charge in [0.05, 0.1) is 6.10 Å². The molecular weight excluding hydrogens is 164 g/mol. The number of nitrogens with one attached hydrogen (secondary N) is 1. The Labute approximate surface area is 80.1 Å². The van der Waals surface area contributed by atoms with Crippen LogP contribution in [0.5, 0.6) is 0 Å². The molecule has 1 aliphatic carbocycles. The first-order chi connectivity index (χ1) is 6.29. The molecule has 0 spiro atoms. The van der Waals surface area contributed by atoms with Crippen LogP contribution in [0.25, 0.3) is 0 Å². The fraction of sp³-hybridized carbons (Fsp3) is 1.00. The highest BCUT2D eigenvalue weighted by Gasteiger charge is 2.33. The van der Waals surface area contributed by atoms with Crippen LogP contribution < -0.4 is 5.32 Å². The smallest absolute Gasteiger partial charge is 0.0695 e. The molecule has 1 saturated heterocycles. The second-order valence-electron chi connectivity index (χ2n) is 4.36. The Balaban J connectivity index is 1.97. The van der Waals surface area contributed by atoms with E-state index in [1.54, 1.807) is 0 Å². The molecule has 0 aromatic heterocycles. The molecule has 0 bridgehead atoms. The van der Waals surface area contributed by atoms with E-state index in [0.29, 0.717) is 12.1 Å². The van der Waals surface area contributed by atoms with Gasteiger partial charge in [0.15, 0.2) is 0 Å². The van der Waals surface area contributed by atoms with Crippen LogP contribution in [-0.2, 0) is 0 Å². The summed E-state index contributed by atoms with van der Waals surface area (Å²) in [5.74, 6) is 0. The highest BCUT2D eigenvalue weighted by molar-refractivity contribution is 4.90. The molecule has 1 heterocycles. The number of nitrogens with zero attached hydrogens (tertiary/aromatic N) is 1. The van der Waals surface area contributed by atoms with Crippen LogP contribution in [0, 0.1) is 0 Å². The van der Waals surface area contributed by atoms with Gasteiger partial charge >= 0.3 is 0 Å². The molecule has 1 aliphatic heterocycles. The maximum absolute atomic E-state index is 9.80. The summed E-state index contributed by atoms with van der Waals surface area (Å²) in [4.78, 5) is 2.48. The van der Waals surface area contributed by atoms with Crippen molar-refractivity contribution in [1.29, 1.82) is 0 Å². The molecule has 2 N–H and O–H groups in total. The fourth-order valence-electron chi connectivity index (χ4n) is 2.66. The van der Waals surface area contributed by atoms with E-state index in [1.807, 2.05) is 0 Å². The Bertz CT molecular complexity index is 174. The third kappa shape index (κ3) is 1.87. The predicted molar refractivity (Wildman–Crippen MR) is 52.7 cm³/mol. The second-order valence-corrected chi connectivity index (χ2v) is 4.36. The van der Waals surface area contributed by atoms with Gasteiger partial charge in [-0.25, -0.2) is 0 Å². The van der Waals surface area contributed by atoms with Gasteiger partial charge in [0, 0.05) is 31.7 Å². The van der Waals surface area contributed by atoms with Crippen LogP contribution in [0.3, 0.4) is 0 Å². The van der Waals surface area contributed by atoms with E-state index in [-0.39, 0.29) is 6.10 Å². The van der Waals surface area contributed by atoms with Crippen LogP contribution in [0.15, 0.2) is 0 Å². The van der Waals surface area contributed by atoms with Crippen molar-refractivity contribution in [2.45, 2.75) is 44.4 Å². The fourth-order valence-corrected chi connectivity index (χ4v) is 2.66. The lowest BCUT2D eigenvalue weighted by atomic mass is 10.1. The average Bonchev–Trinajstić information content (AvgIpc) is 2.52. The van der Waals surface area contributed by atoms with E-state index in [1.165, 1.54) is 12.8 Å². The van der Waals surface area contributed by atoms with Crippen molar-refractivity contribution in [3.8, 4) is 0 Å². The third-order valence-electron chi connectivity index (χ3n) is 3.42. The maximum Gasteiger partial charge on any atom is 0.0695 e. The van der Waals surface area contributed by atoms with E-state index in [0.717, 1.165) is 26.1 Å². The molecule has 3 atom stereocenters. The number of aliphatic hydroxyl groups is 1. The molecule has 0 aromatic rings. The van der Waals surface area contributed by atoms with E-state index >= 15 is 0 Å². The maximum atomic E-state index is 9.80. The summed E-state index contributed by atoms with van der Waals surface area (Å²) >= 11 is 0. The molecule has 3 heteroatoms. The van der Waals surface area contributed by atoms with Gasteiger partial charge in [-0.05, 0) is 26.2 Å². The molecule has 3 nitrogen and oxygen atoms in total. The molecule has 2 unspecified atom stereocenters. The standard InChI is InChI=1S/C10H20N2O/c1-8-7-11-5-6-12(8)9-3-2-4-10(9)13/h8-11,13H,2-7H2,1H3/t8-,9?,10?/m0/s1. The zero-order chi connectivity index (χ0) is 9.26. The van der Waals surface area contributed by atoms with Gasteiger partial charge in [-0.15, -0.1) is 0 Å². The van der Waals surface area contributed by atoms with Crippen molar-refractivity contribution >= 4 is 0 Å². The zero-order valence-electron chi connectivity index (χ0n) is 8.37. The normalized spacial score (nSPS) is 42.5. The molecule has 0 aromatic carbocycles. The van der Waals surface area contributed by atoms with Gasteiger partial charge in [0.25, 0.3) is 0 Å². The molecular formula is C10H20N2O. The number of piperazine rings is 1. The van der Waals surface area contributed by atoms with E-state index in [9.17, 15) is 5.11 Å². The van der Waals surface area contributed by atoms with Crippen molar-refractivity contribution < 1.29 is 5.11 Å². The number of hydrogen-bond acceptors (Lipinski definition) is 3. The average molecular weight is 184 g/mol. The number of hydrogen-bond donors (Lipinski definition) is 2. The van der Waals surface area contributed by atoms with Crippen molar-refractivity contribution in [2.24, 2.45) is 0 Å². The minimum absolute atomic E-state index is 0.0689. The van der Waals surface area contributed by atoms with Gasteiger partial charge < -0.3 is 10.4 Å². The molecule has 76 valence electrons. The quantitative estimate of drug-likeness (QED) is 0.611. The van der Waals surface area contributed by atoms with Crippen LogP contribution in [0.1, 0.15) is 26.2 Å². The summed E-state index contributed by atoms with van der Waals surface area (Å²) in [5.41, 5.74) is 0. The lowest BCUT2D eigenvalue weighted by molar-refractivity contribution is 0.0366. The third-order valence-corrected chi connectivity index (χ3v) is 3.42. The highest BCUT2D eigenvalue weighted by Crippen LogP contribution is 2.25. The molecule has 0 radical (unpaired) electrons. The summed E-state index contributed by atoms with van der Waals surface area (Å²) < 4.78 is 0. The van der Waals surface area contributed by atoms with Gasteiger partial charge in [0.1, 0.15) is 0 Å². The van der Waals surface area contributed by atoms with Gasteiger partial charge in [0.2, 0.25) is 0 Å². The van der Waals surface area contributed by atoms with Gasteiger partial charge in [-0.1, -0.05) is 0 Å². The predicted octanol–water partition coefficient (Wildman–Crippen LogP) is 0.193. The first-order valence-corrected chi connectivity index (χ1v) is 5.43. The summed E-state index contributed by atoms with van der Waals surface area (Å²) in [6.45, 7) is 5.50. The monoisotopic (exact) mass is 184 g/mol. The first kappa shape index (κ1) is 9.44. The lowest BCUT2D eigenvalue weighted by Gasteiger charge is -2.39. The Morgan fingerprint density at radius 1 is 1.38 bits per heavy atom. The molecule has 2 rings (SSSR count). The van der Waals surface area contributed by atoms with E-state index < -0.39 is 0 Å². The van der Waals surface area contributed by atoms with Crippen LogP contribution >= 0.6 is 0 Å². The molecule has 13 heavy (non-hydrogen) atoms. The van der Waals surface area contributed by atoms with Crippen molar-refractivity contribution in [1.82, 2.24) is 10.2 Å². The Morgan fingerprint density at radius 3 is 2.85 bits per heavy atom. The largest absolute Gasteiger partial charge is 0.391 e.